The number of nitrogens with zero attached hydrogens (tertiary/aromatic N) is 3. The molecule has 1 aromatic heterocycles. The lowest BCUT2D eigenvalue weighted by atomic mass is 10.1. The van der Waals surface area contributed by atoms with E-state index in [1.54, 1.807) is 18.2 Å². The molecule has 3 rings (SSSR count). The van der Waals surface area contributed by atoms with E-state index in [0.29, 0.717) is 24.5 Å². The van der Waals surface area contributed by atoms with Gasteiger partial charge >= 0.3 is 0 Å². The van der Waals surface area contributed by atoms with E-state index in [2.05, 4.69) is 30.9 Å². The van der Waals surface area contributed by atoms with E-state index in [-0.39, 0.29) is 22.4 Å². The standard InChI is InChI=1S/C18H18BrF2N5O/c1-26(2)7-6-14-23-16-12(9-13(20)15(21)17(16)24-14)18(25-27)22-11-5-3-4-10(19)8-11/h3-5,8-9,27H,6-7H2,1-2H3,(H,22,25)(H,23,24). The Hall–Kier alpha value is -2.36. The third-order valence-corrected chi connectivity index (χ3v) is 4.41. The fourth-order valence-corrected chi connectivity index (χ4v) is 2.99. The fourth-order valence-electron chi connectivity index (χ4n) is 2.60. The van der Waals surface area contributed by atoms with Gasteiger partial charge in [0.05, 0.1) is 11.3 Å². The predicted octanol–water partition coefficient (Wildman–Crippen LogP) is 3.76. The molecule has 0 aliphatic heterocycles. The number of fused-ring (bicyclic) bond motifs is 1. The van der Waals surface area contributed by atoms with Crippen LogP contribution >= 0.6 is 15.9 Å². The number of rotatable bonds is 5. The maximum absolute atomic E-state index is 14.3. The minimum Gasteiger partial charge on any atom is -0.339 e. The second kappa shape index (κ2) is 8.12. The van der Waals surface area contributed by atoms with Crippen LogP contribution in [0.3, 0.4) is 0 Å². The van der Waals surface area contributed by atoms with Gasteiger partial charge in [-0.2, -0.15) is 0 Å². The number of hydroxylamine groups is 1. The first-order valence-electron chi connectivity index (χ1n) is 8.15. The lowest BCUT2D eigenvalue weighted by molar-refractivity contribution is 0.235. The van der Waals surface area contributed by atoms with Gasteiger partial charge in [0.2, 0.25) is 0 Å². The first-order chi connectivity index (χ1) is 12.9. The van der Waals surface area contributed by atoms with Crippen LogP contribution in [0.1, 0.15) is 11.4 Å². The summed E-state index contributed by atoms with van der Waals surface area (Å²) in [5.74, 6) is -1.60. The van der Waals surface area contributed by atoms with Crippen molar-refractivity contribution in [2.45, 2.75) is 6.42 Å². The summed E-state index contributed by atoms with van der Waals surface area (Å²) in [5.41, 5.74) is 2.77. The molecule has 27 heavy (non-hydrogen) atoms. The quantitative estimate of drug-likeness (QED) is 0.322. The van der Waals surface area contributed by atoms with Gasteiger partial charge in [0.25, 0.3) is 0 Å². The minimum atomic E-state index is -1.06. The Morgan fingerprint density at radius 3 is 2.78 bits per heavy atom. The summed E-state index contributed by atoms with van der Waals surface area (Å²) < 4.78 is 29.2. The Labute approximate surface area is 163 Å². The monoisotopic (exact) mass is 437 g/mol. The average Bonchev–Trinajstić information content (AvgIpc) is 3.06. The lowest BCUT2D eigenvalue weighted by Crippen LogP contribution is -2.21. The molecule has 3 aromatic rings. The van der Waals surface area contributed by atoms with Gasteiger partial charge in [-0.05, 0) is 38.4 Å². The summed E-state index contributed by atoms with van der Waals surface area (Å²) in [6, 6.07) is 8.00. The molecule has 0 saturated carbocycles. The largest absolute Gasteiger partial charge is 0.339 e. The van der Waals surface area contributed by atoms with Crippen LogP contribution in [0.15, 0.2) is 39.8 Å². The number of aliphatic imine (C=N–C) groups is 1. The molecule has 9 heteroatoms. The molecule has 0 spiro atoms. The number of H-pyrrole nitrogens is 1. The number of benzene rings is 2. The van der Waals surface area contributed by atoms with E-state index in [1.165, 1.54) is 0 Å². The van der Waals surface area contributed by atoms with Crippen LogP contribution < -0.4 is 5.48 Å². The maximum Gasteiger partial charge on any atom is 0.184 e. The maximum atomic E-state index is 14.3. The fraction of sp³-hybridized carbons (Fsp3) is 0.222. The van der Waals surface area contributed by atoms with Crippen LogP contribution in [0.5, 0.6) is 0 Å². The smallest absolute Gasteiger partial charge is 0.184 e. The number of imidazole rings is 1. The SMILES string of the molecule is CN(C)CCc1nc2c(C(=Nc3cccc(Br)c3)NO)cc(F)c(F)c2[nH]1. The zero-order chi connectivity index (χ0) is 19.6. The van der Waals surface area contributed by atoms with E-state index >= 15 is 0 Å². The molecule has 142 valence electrons. The molecule has 0 amide bonds. The highest BCUT2D eigenvalue weighted by Gasteiger charge is 2.20. The van der Waals surface area contributed by atoms with E-state index in [4.69, 9.17) is 0 Å². The Morgan fingerprint density at radius 2 is 2.11 bits per heavy atom. The van der Waals surface area contributed by atoms with Gasteiger partial charge in [-0.15, -0.1) is 0 Å². The van der Waals surface area contributed by atoms with E-state index in [9.17, 15) is 14.0 Å². The van der Waals surface area contributed by atoms with Gasteiger partial charge in [0.15, 0.2) is 17.5 Å². The molecule has 0 radical (unpaired) electrons. The molecule has 6 nitrogen and oxygen atoms in total. The molecule has 0 atom stereocenters. The van der Waals surface area contributed by atoms with E-state index in [0.717, 1.165) is 10.5 Å². The molecular weight excluding hydrogens is 420 g/mol. The van der Waals surface area contributed by atoms with Crippen molar-refractivity contribution in [2.24, 2.45) is 4.99 Å². The van der Waals surface area contributed by atoms with Gasteiger partial charge in [0.1, 0.15) is 16.9 Å². The van der Waals surface area contributed by atoms with Gasteiger partial charge in [0, 0.05) is 17.4 Å². The van der Waals surface area contributed by atoms with Crippen molar-refractivity contribution in [3.8, 4) is 0 Å². The predicted molar refractivity (Wildman–Crippen MR) is 104 cm³/mol. The lowest BCUT2D eigenvalue weighted by Gasteiger charge is -2.07. The summed E-state index contributed by atoms with van der Waals surface area (Å²) in [6.07, 6.45) is 0.535. The third kappa shape index (κ3) is 4.32. The van der Waals surface area contributed by atoms with Crippen LogP contribution in [0.25, 0.3) is 11.0 Å². The second-order valence-electron chi connectivity index (χ2n) is 6.23. The highest BCUT2D eigenvalue weighted by atomic mass is 79.9. The summed E-state index contributed by atoms with van der Waals surface area (Å²) in [4.78, 5) is 13.5. The van der Waals surface area contributed by atoms with Crippen LogP contribution in [-0.4, -0.2) is 46.6 Å². The number of hydrogen-bond acceptors (Lipinski definition) is 4. The van der Waals surface area contributed by atoms with Gasteiger partial charge in [-0.25, -0.2) is 18.8 Å². The number of aromatic nitrogens is 2. The molecular formula is C18H18BrF2N5O. The minimum absolute atomic E-state index is 0.0392. The number of amidine groups is 1. The van der Waals surface area contributed by atoms with Crippen molar-refractivity contribution in [1.82, 2.24) is 20.3 Å². The van der Waals surface area contributed by atoms with Crippen molar-refractivity contribution >= 4 is 38.5 Å². The van der Waals surface area contributed by atoms with Crippen LogP contribution in [-0.2, 0) is 6.42 Å². The Bertz CT molecular complexity index is 1000. The third-order valence-electron chi connectivity index (χ3n) is 3.91. The number of nitrogens with one attached hydrogen (secondary N) is 2. The van der Waals surface area contributed by atoms with Crippen molar-refractivity contribution in [3.63, 3.8) is 0 Å². The molecule has 3 N–H and O–H groups in total. The first kappa shape index (κ1) is 19.4. The molecule has 0 aliphatic carbocycles. The van der Waals surface area contributed by atoms with Crippen molar-refractivity contribution in [2.75, 3.05) is 20.6 Å². The zero-order valence-electron chi connectivity index (χ0n) is 14.7. The normalized spacial score (nSPS) is 12.2. The number of halogens is 3. The van der Waals surface area contributed by atoms with Crippen LogP contribution in [0.2, 0.25) is 0 Å². The summed E-state index contributed by atoms with van der Waals surface area (Å²) in [7, 11) is 3.82. The van der Waals surface area contributed by atoms with Crippen molar-refractivity contribution < 1.29 is 14.0 Å². The number of hydrogen-bond donors (Lipinski definition) is 3. The van der Waals surface area contributed by atoms with Gasteiger partial charge < -0.3 is 9.88 Å². The molecule has 0 bridgehead atoms. The van der Waals surface area contributed by atoms with E-state index < -0.39 is 11.6 Å². The Balaban J connectivity index is 2.12. The van der Waals surface area contributed by atoms with Crippen LogP contribution in [0.4, 0.5) is 14.5 Å². The highest BCUT2D eigenvalue weighted by Crippen LogP contribution is 2.25. The Kier molecular flexibility index (Phi) is 5.83. The zero-order valence-corrected chi connectivity index (χ0v) is 16.3. The molecule has 0 fully saturated rings. The van der Waals surface area contributed by atoms with Gasteiger partial charge in [-0.3, -0.25) is 10.7 Å². The van der Waals surface area contributed by atoms with Crippen LogP contribution in [0, 0.1) is 11.6 Å². The summed E-state index contributed by atoms with van der Waals surface area (Å²) in [5, 5.41) is 9.56. The molecule has 1 heterocycles. The molecule has 0 saturated heterocycles. The highest BCUT2D eigenvalue weighted by molar-refractivity contribution is 9.10. The van der Waals surface area contributed by atoms with Gasteiger partial charge in [-0.1, -0.05) is 22.0 Å². The molecule has 2 aromatic carbocycles. The van der Waals surface area contributed by atoms with Crippen molar-refractivity contribution in [3.05, 3.63) is 57.8 Å². The Morgan fingerprint density at radius 1 is 1.33 bits per heavy atom. The first-order valence-corrected chi connectivity index (χ1v) is 8.94. The molecule has 0 unspecified atom stereocenters. The number of aromatic amines is 1. The second-order valence-corrected chi connectivity index (χ2v) is 7.15. The topological polar surface area (TPSA) is 76.5 Å². The van der Waals surface area contributed by atoms with E-state index in [1.807, 2.05) is 30.5 Å². The summed E-state index contributed by atoms with van der Waals surface area (Å²) >= 11 is 3.34. The summed E-state index contributed by atoms with van der Waals surface area (Å²) in [6.45, 7) is 0.691. The molecule has 0 aliphatic rings. The average molecular weight is 438 g/mol. The van der Waals surface area contributed by atoms with Crippen molar-refractivity contribution in [1.29, 1.82) is 0 Å². The number of likely N-dealkylation sites (N-methyl/N-ethyl adjacent to an activating group) is 1.